The van der Waals surface area contributed by atoms with E-state index >= 15 is 0 Å². The first kappa shape index (κ1) is 24.3. The van der Waals surface area contributed by atoms with Crippen molar-refractivity contribution in [2.24, 2.45) is 0 Å². The average molecular weight is 460 g/mol. The molecule has 3 aromatic rings. The van der Waals surface area contributed by atoms with E-state index < -0.39 is 10.0 Å². The van der Waals surface area contributed by atoms with E-state index in [2.05, 4.69) is 47.6 Å². The maximum absolute atomic E-state index is 12.5. The Hall–Kier alpha value is -2.35. The first-order chi connectivity index (χ1) is 15.2. The quantitative estimate of drug-likeness (QED) is 0.330. The lowest BCUT2D eigenvalue weighted by Crippen LogP contribution is -2.16. The number of benzene rings is 1. The number of aromatic amines is 1. The fourth-order valence-corrected chi connectivity index (χ4v) is 4.83. The molecule has 0 fully saturated rings. The van der Waals surface area contributed by atoms with E-state index in [1.165, 1.54) is 32.1 Å². The molecule has 0 saturated heterocycles. The standard InChI is InChI=1S/C24H37N5O2S/c1-5-6-7-8-9-10-11-12-16-32(30,31)28-20-15-13-14-19(17-20)23-25-22-18-21(24(2,3)4)26-29(22)27-23/h13-15,17-18,26,28H,5-12,16H2,1-4H3. The largest absolute Gasteiger partial charge is 0.284 e. The SMILES string of the molecule is CCCCCCCCCCS(=O)(=O)Nc1cccc(-c2nc3cc(C(C)(C)C)[nH]n3n2)c1. The summed E-state index contributed by atoms with van der Waals surface area (Å²) in [6.07, 6.45) is 9.00. The highest BCUT2D eigenvalue weighted by Gasteiger charge is 2.19. The van der Waals surface area contributed by atoms with Gasteiger partial charge in [-0.15, -0.1) is 5.10 Å². The smallest absolute Gasteiger partial charge is 0.232 e. The topological polar surface area (TPSA) is 92.1 Å². The van der Waals surface area contributed by atoms with Crippen LogP contribution in [0.15, 0.2) is 30.3 Å². The molecule has 3 rings (SSSR count). The van der Waals surface area contributed by atoms with Crippen molar-refractivity contribution in [3.63, 3.8) is 0 Å². The molecular weight excluding hydrogens is 422 g/mol. The Morgan fingerprint density at radius 2 is 1.69 bits per heavy atom. The van der Waals surface area contributed by atoms with E-state index in [-0.39, 0.29) is 11.2 Å². The van der Waals surface area contributed by atoms with Crippen molar-refractivity contribution >= 4 is 21.4 Å². The molecule has 0 unspecified atom stereocenters. The van der Waals surface area contributed by atoms with Crippen LogP contribution >= 0.6 is 0 Å². The summed E-state index contributed by atoms with van der Waals surface area (Å²) in [4.78, 5) is 4.59. The lowest BCUT2D eigenvalue weighted by atomic mass is 9.93. The molecule has 8 heteroatoms. The van der Waals surface area contributed by atoms with Crippen LogP contribution in [0.1, 0.15) is 84.8 Å². The highest BCUT2D eigenvalue weighted by atomic mass is 32.2. The lowest BCUT2D eigenvalue weighted by Gasteiger charge is -2.14. The molecule has 0 aliphatic carbocycles. The molecule has 0 bridgehead atoms. The lowest BCUT2D eigenvalue weighted by molar-refractivity contribution is 0.557. The van der Waals surface area contributed by atoms with Crippen LogP contribution in [0.5, 0.6) is 0 Å². The Morgan fingerprint density at radius 3 is 2.34 bits per heavy atom. The molecule has 0 aliphatic heterocycles. The monoisotopic (exact) mass is 459 g/mol. The normalized spacial score (nSPS) is 12.5. The second kappa shape index (κ2) is 10.5. The molecule has 0 aliphatic rings. The third-order valence-electron chi connectivity index (χ3n) is 5.60. The van der Waals surface area contributed by atoms with Crippen LogP contribution in [0.3, 0.4) is 0 Å². The zero-order valence-corrected chi connectivity index (χ0v) is 20.6. The van der Waals surface area contributed by atoms with Crippen LogP contribution in [0.4, 0.5) is 5.69 Å². The third kappa shape index (κ3) is 6.82. The first-order valence-corrected chi connectivity index (χ1v) is 13.4. The van der Waals surface area contributed by atoms with Gasteiger partial charge in [-0.25, -0.2) is 13.4 Å². The van der Waals surface area contributed by atoms with Gasteiger partial charge in [0.05, 0.1) is 5.75 Å². The van der Waals surface area contributed by atoms with Crippen molar-refractivity contribution in [3.05, 3.63) is 36.0 Å². The summed E-state index contributed by atoms with van der Waals surface area (Å²) in [6, 6.07) is 9.24. The maximum Gasteiger partial charge on any atom is 0.232 e. The predicted octanol–water partition coefficient (Wildman–Crippen LogP) is 5.90. The van der Waals surface area contributed by atoms with Crippen molar-refractivity contribution < 1.29 is 8.42 Å². The minimum Gasteiger partial charge on any atom is -0.284 e. The van der Waals surface area contributed by atoms with Crippen molar-refractivity contribution in [1.82, 2.24) is 19.8 Å². The molecule has 0 amide bonds. The summed E-state index contributed by atoms with van der Waals surface area (Å²) >= 11 is 0. The highest BCUT2D eigenvalue weighted by Crippen LogP contribution is 2.25. The van der Waals surface area contributed by atoms with Crippen molar-refractivity contribution in [2.45, 2.75) is 84.5 Å². The molecule has 0 spiro atoms. The number of sulfonamides is 1. The molecule has 0 atom stereocenters. The summed E-state index contributed by atoms with van der Waals surface area (Å²) in [5, 5.41) is 7.78. The molecular formula is C24H37N5O2S. The van der Waals surface area contributed by atoms with Gasteiger partial charge in [0, 0.05) is 28.4 Å². The molecule has 7 nitrogen and oxygen atoms in total. The van der Waals surface area contributed by atoms with Gasteiger partial charge >= 0.3 is 0 Å². The molecule has 1 aromatic carbocycles. The molecule has 0 radical (unpaired) electrons. The number of nitrogens with zero attached hydrogens (tertiary/aromatic N) is 3. The van der Waals surface area contributed by atoms with Crippen LogP contribution in [0, 0.1) is 0 Å². The number of aromatic nitrogens is 4. The number of nitrogens with one attached hydrogen (secondary N) is 2. The molecule has 2 aromatic heterocycles. The number of unbranched alkanes of at least 4 members (excludes halogenated alkanes) is 7. The summed E-state index contributed by atoms with van der Waals surface area (Å²) in [6.45, 7) is 8.59. The fourth-order valence-electron chi connectivity index (χ4n) is 3.66. The summed E-state index contributed by atoms with van der Waals surface area (Å²) < 4.78 is 29.4. The summed E-state index contributed by atoms with van der Waals surface area (Å²) in [5.41, 5.74) is 3.09. The van der Waals surface area contributed by atoms with Gasteiger partial charge in [0.1, 0.15) is 0 Å². The second-order valence-corrected chi connectivity index (χ2v) is 11.4. The van der Waals surface area contributed by atoms with Crippen LogP contribution < -0.4 is 4.72 Å². The number of anilines is 1. The van der Waals surface area contributed by atoms with Gasteiger partial charge in [-0.1, -0.05) is 84.8 Å². The molecule has 32 heavy (non-hydrogen) atoms. The van der Waals surface area contributed by atoms with Crippen LogP contribution in [0.2, 0.25) is 0 Å². The van der Waals surface area contributed by atoms with Gasteiger partial charge in [0.15, 0.2) is 11.5 Å². The van der Waals surface area contributed by atoms with E-state index in [1.807, 2.05) is 18.2 Å². The Labute approximate surface area is 192 Å². The van der Waals surface area contributed by atoms with Gasteiger partial charge in [0.2, 0.25) is 10.0 Å². The van der Waals surface area contributed by atoms with Crippen molar-refractivity contribution in [3.8, 4) is 11.4 Å². The van der Waals surface area contributed by atoms with Gasteiger partial charge in [-0.3, -0.25) is 9.82 Å². The number of rotatable bonds is 12. The Balaban J connectivity index is 1.56. The number of hydrogen-bond donors (Lipinski definition) is 2. The third-order valence-corrected chi connectivity index (χ3v) is 6.97. The average Bonchev–Trinajstić information content (AvgIpc) is 3.29. The van der Waals surface area contributed by atoms with Gasteiger partial charge in [-0.2, -0.15) is 4.63 Å². The van der Waals surface area contributed by atoms with E-state index in [4.69, 9.17) is 0 Å². The van der Waals surface area contributed by atoms with Crippen molar-refractivity contribution in [1.29, 1.82) is 0 Å². The maximum atomic E-state index is 12.5. The van der Waals surface area contributed by atoms with Gasteiger partial charge in [-0.05, 0) is 18.6 Å². The van der Waals surface area contributed by atoms with Crippen LogP contribution in [-0.2, 0) is 15.4 Å². The van der Waals surface area contributed by atoms with E-state index in [1.54, 1.807) is 16.8 Å². The van der Waals surface area contributed by atoms with Crippen LogP contribution in [-0.4, -0.2) is 34.0 Å². The molecule has 0 saturated carbocycles. The number of fused-ring (bicyclic) bond motifs is 1. The molecule has 176 valence electrons. The van der Waals surface area contributed by atoms with E-state index in [9.17, 15) is 8.42 Å². The minimum atomic E-state index is -3.37. The molecule has 2 N–H and O–H groups in total. The minimum absolute atomic E-state index is 0.0181. The first-order valence-electron chi connectivity index (χ1n) is 11.7. The zero-order chi connectivity index (χ0) is 23.2. The number of H-pyrrole nitrogens is 1. The Kier molecular flexibility index (Phi) is 7.98. The van der Waals surface area contributed by atoms with Gasteiger partial charge in [0.25, 0.3) is 0 Å². The van der Waals surface area contributed by atoms with E-state index in [0.29, 0.717) is 17.9 Å². The second-order valence-electron chi connectivity index (χ2n) is 9.60. The Bertz CT molecular complexity index is 1080. The van der Waals surface area contributed by atoms with Crippen LogP contribution in [0.25, 0.3) is 17.0 Å². The number of hydrogen-bond acceptors (Lipinski definition) is 4. The Morgan fingerprint density at radius 1 is 1.00 bits per heavy atom. The van der Waals surface area contributed by atoms with E-state index in [0.717, 1.165) is 29.7 Å². The highest BCUT2D eigenvalue weighted by molar-refractivity contribution is 7.92. The predicted molar refractivity (Wildman–Crippen MR) is 131 cm³/mol. The summed E-state index contributed by atoms with van der Waals surface area (Å²) in [5.74, 6) is 0.703. The zero-order valence-electron chi connectivity index (χ0n) is 19.8. The van der Waals surface area contributed by atoms with Crippen molar-refractivity contribution in [2.75, 3.05) is 10.5 Å². The molecule has 2 heterocycles. The van der Waals surface area contributed by atoms with Gasteiger partial charge < -0.3 is 0 Å². The fraction of sp³-hybridized carbons (Fsp3) is 0.583. The summed E-state index contributed by atoms with van der Waals surface area (Å²) in [7, 11) is -3.37.